The van der Waals surface area contributed by atoms with E-state index < -0.39 is 38.1 Å². The summed E-state index contributed by atoms with van der Waals surface area (Å²) in [4.78, 5) is 56.1. The van der Waals surface area contributed by atoms with Crippen LogP contribution in [-0.4, -0.2) is 43.5 Å². The van der Waals surface area contributed by atoms with E-state index >= 15 is 0 Å². The van der Waals surface area contributed by atoms with E-state index in [0.29, 0.717) is 0 Å². The van der Waals surface area contributed by atoms with E-state index in [4.69, 9.17) is 19.8 Å². The second-order valence-electron chi connectivity index (χ2n) is 2.29. The molecule has 0 bridgehead atoms. The molecule has 0 aliphatic heterocycles. The standard InChI is InChI=1S/C5H7O7P/c6-3(2-13(10,11)12)1-4(7)5(8)9/h10-12H,1-2H2/p+1. The molecule has 0 saturated carbocycles. The third kappa shape index (κ3) is 6.30. The summed E-state index contributed by atoms with van der Waals surface area (Å²) in [5.41, 5.74) is 0. The molecular formula is C5H8O7P+. The molecule has 0 rings (SSSR count). The Bertz CT molecular complexity index is 240. The molecule has 0 aromatic carbocycles. The smallest absolute Gasteiger partial charge is 0.411 e. The normalized spacial score (nSPS) is 11.0. The van der Waals surface area contributed by atoms with E-state index in [1.807, 2.05) is 0 Å². The highest BCUT2D eigenvalue weighted by Gasteiger charge is 2.34. The van der Waals surface area contributed by atoms with Crippen LogP contribution in [0, 0.1) is 0 Å². The van der Waals surface area contributed by atoms with E-state index in [-0.39, 0.29) is 0 Å². The van der Waals surface area contributed by atoms with Crippen LogP contribution in [0.25, 0.3) is 0 Å². The first-order chi connectivity index (χ1) is 5.72. The van der Waals surface area contributed by atoms with Gasteiger partial charge in [0.25, 0.3) is 0 Å². The van der Waals surface area contributed by atoms with Crippen LogP contribution in [0.1, 0.15) is 6.42 Å². The number of hydrogen-bond acceptors (Lipinski definition) is 6. The summed E-state index contributed by atoms with van der Waals surface area (Å²) < 4.78 is 0. The van der Waals surface area contributed by atoms with Gasteiger partial charge in [-0.2, -0.15) is 14.7 Å². The molecule has 0 aliphatic carbocycles. The lowest BCUT2D eigenvalue weighted by molar-refractivity contribution is -0.150. The molecule has 8 heteroatoms. The fourth-order valence-corrected chi connectivity index (χ4v) is 1.13. The van der Waals surface area contributed by atoms with Crippen molar-refractivity contribution in [2.24, 2.45) is 0 Å². The van der Waals surface area contributed by atoms with Crippen molar-refractivity contribution in [3.63, 3.8) is 0 Å². The Hall–Kier alpha value is -0.880. The third-order valence-corrected chi connectivity index (χ3v) is 1.76. The zero-order valence-electron chi connectivity index (χ0n) is 6.38. The quantitative estimate of drug-likeness (QED) is 0.243. The second-order valence-corrected chi connectivity index (χ2v) is 4.00. The molecule has 4 N–H and O–H groups in total. The van der Waals surface area contributed by atoms with Crippen molar-refractivity contribution in [3.05, 3.63) is 0 Å². The SMILES string of the molecule is O=C(CC(=O)C(=O)O)C[P+](O)(O)O. The number of Topliss-reactive ketones (excluding diaryl/α,β-unsaturated/α-hetero) is 2. The molecule has 0 amide bonds. The average Bonchev–Trinajstić information content (AvgIpc) is 1.81. The lowest BCUT2D eigenvalue weighted by Crippen LogP contribution is -2.19. The Morgan fingerprint density at radius 2 is 1.54 bits per heavy atom. The molecule has 0 unspecified atom stereocenters. The number of ketones is 2. The molecule has 0 aliphatic rings. The lowest BCUT2D eigenvalue weighted by Gasteiger charge is -2.00. The molecule has 74 valence electrons. The summed E-state index contributed by atoms with van der Waals surface area (Å²) in [5, 5.41) is 8.05. The first kappa shape index (κ1) is 12.1. The van der Waals surface area contributed by atoms with Crippen LogP contribution in [0.4, 0.5) is 0 Å². The van der Waals surface area contributed by atoms with Crippen LogP contribution in [0.5, 0.6) is 0 Å². The van der Waals surface area contributed by atoms with Crippen molar-refractivity contribution in [1.82, 2.24) is 0 Å². The molecule has 0 aromatic heterocycles. The number of carbonyl (C=O) groups excluding carboxylic acids is 2. The zero-order valence-corrected chi connectivity index (χ0v) is 7.27. The highest BCUT2D eigenvalue weighted by molar-refractivity contribution is 7.59. The van der Waals surface area contributed by atoms with Gasteiger partial charge in [0.15, 0.2) is 11.9 Å². The van der Waals surface area contributed by atoms with E-state index in [9.17, 15) is 14.4 Å². The van der Waals surface area contributed by atoms with Gasteiger partial charge in [0, 0.05) is 0 Å². The molecule has 0 radical (unpaired) electrons. The number of aliphatic carboxylic acids is 1. The van der Waals surface area contributed by atoms with E-state index in [1.54, 1.807) is 0 Å². The zero-order chi connectivity index (χ0) is 10.6. The van der Waals surface area contributed by atoms with Crippen LogP contribution < -0.4 is 0 Å². The van der Waals surface area contributed by atoms with Crippen LogP contribution in [-0.2, 0) is 14.4 Å². The van der Waals surface area contributed by atoms with Gasteiger partial charge < -0.3 is 5.11 Å². The highest BCUT2D eigenvalue weighted by atomic mass is 31.2. The largest absolute Gasteiger partial charge is 0.475 e. The molecule has 7 nitrogen and oxygen atoms in total. The maximum absolute atomic E-state index is 10.6. The van der Waals surface area contributed by atoms with Gasteiger partial charge in [-0.1, -0.05) is 0 Å². The first-order valence-electron chi connectivity index (χ1n) is 3.06. The van der Waals surface area contributed by atoms with Crippen molar-refractivity contribution in [1.29, 1.82) is 0 Å². The van der Waals surface area contributed by atoms with Crippen LogP contribution in [0.2, 0.25) is 0 Å². The fraction of sp³-hybridized carbons (Fsp3) is 0.400. The van der Waals surface area contributed by atoms with Gasteiger partial charge in [-0.25, -0.2) is 4.79 Å². The molecule has 0 spiro atoms. The Morgan fingerprint density at radius 1 is 1.08 bits per heavy atom. The summed E-state index contributed by atoms with van der Waals surface area (Å²) in [6, 6.07) is 0. The Morgan fingerprint density at radius 3 is 1.85 bits per heavy atom. The Balaban J connectivity index is 4.04. The molecule has 0 heterocycles. The summed E-state index contributed by atoms with van der Waals surface area (Å²) in [6.07, 6.45) is -1.94. The predicted molar refractivity (Wildman–Crippen MR) is 40.7 cm³/mol. The minimum absolute atomic E-state index is 0.946. The van der Waals surface area contributed by atoms with Gasteiger partial charge in [0.2, 0.25) is 5.78 Å². The van der Waals surface area contributed by atoms with Gasteiger partial charge in [-0.05, 0) is 0 Å². The van der Waals surface area contributed by atoms with E-state index in [2.05, 4.69) is 0 Å². The summed E-state index contributed by atoms with van der Waals surface area (Å²) in [5.74, 6) is -4.14. The lowest BCUT2D eigenvalue weighted by atomic mass is 10.2. The van der Waals surface area contributed by atoms with Crippen molar-refractivity contribution in [3.8, 4) is 0 Å². The van der Waals surface area contributed by atoms with Gasteiger partial charge in [-0.15, -0.1) is 0 Å². The maximum atomic E-state index is 10.6. The van der Waals surface area contributed by atoms with E-state index in [0.717, 1.165) is 0 Å². The minimum Gasteiger partial charge on any atom is -0.475 e. The second kappa shape index (κ2) is 4.38. The predicted octanol–water partition coefficient (Wildman–Crippen LogP) is -1.66. The van der Waals surface area contributed by atoms with Crippen molar-refractivity contribution in [2.45, 2.75) is 6.42 Å². The molecule has 13 heavy (non-hydrogen) atoms. The van der Waals surface area contributed by atoms with Gasteiger partial charge in [0.1, 0.15) is 0 Å². The number of carbonyl (C=O) groups is 3. The topological polar surface area (TPSA) is 132 Å². The first-order valence-corrected chi connectivity index (χ1v) is 4.90. The number of hydrogen-bond donors (Lipinski definition) is 4. The molecule has 0 aromatic rings. The van der Waals surface area contributed by atoms with Crippen molar-refractivity contribution in [2.75, 3.05) is 6.16 Å². The maximum Gasteiger partial charge on any atom is 0.411 e. The van der Waals surface area contributed by atoms with Gasteiger partial charge in [0.05, 0.1) is 6.42 Å². The summed E-state index contributed by atoms with van der Waals surface area (Å²) in [7, 11) is -4.25. The monoisotopic (exact) mass is 211 g/mol. The molecule has 0 atom stereocenters. The van der Waals surface area contributed by atoms with Gasteiger partial charge >= 0.3 is 13.9 Å². The molecule has 0 saturated heterocycles. The molecular weight excluding hydrogens is 203 g/mol. The third-order valence-electron chi connectivity index (χ3n) is 0.985. The van der Waals surface area contributed by atoms with Crippen LogP contribution >= 0.6 is 7.94 Å². The van der Waals surface area contributed by atoms with E-state index in [1.165, 1.54) is 0 Å². The minimum atomic E-state index is -4.25. The fourth-order valence-electron chi connectivity index (χ4n) is 0.547. The van der Waals surface area contributed by atoms with Gasteiger partial charge in [-0.3, -0.25) is 9.59 Å². The summed E-state index contributed by atoms with van der Waals surface area (Å²) in [6.45, 7) is 0. The molecule has 0 fully saturated rings. The van der Waals surface area contributed by atoms with Crippen molar-refractivity contribution >= 4 is 25.5 Å². The number of carboxylic acids is 1. The van der Waals surface area contributed by atoms with Crippen molar-refractivity contribution < 1.29 is 34.2 Å². The average molecular weight is 211 g/mol. The van der Waals surface area contributed by atoms with Crippen LogP contribution in [0.15, 0.2) is 0 Å². The Kier molecular flexibility index (Phi) is 4.09. The number of rotatable bonds is 5. The summed E-state index contributed by atoms with van der Waals surface area (Å²) >= 11 is 0. The number of carboxylic acid groups (broad SMARTS) is 1. The highest BCUT2D eigenvalue weighted by Crippen LogP contribution is 2.44. The Labute approximate surface area is 73.2 Å². The van der Waals surface area contributed by atoms with Crippen LogP contribution in [0.3, 0.4) is 0 Å².